The molecule has 8 heteroatoms. The summed E-state index contributed by atoms with van der Waals surface area (Å²) < 4.78 is 44.0. The highest BCUT2D eigenvalue weighted by molar-refractivity contribution is 14.1. The van der Waals surface area contributed by atoms with Crippen LogP contribution in [0.4, 0.5) is 13.2 Å². The molecule has 2 rings (SSSR count). The molecule has 0 saturated heterocycles. The molecule has 2 aromatic rings. The molecular weight excluding hydrogens is 412 g/mol. The van der Waals surface area contributed by atoms with Gasteiger partial charge in [-0.05, 0) is 35.6 Å². The highest BCUT2D eigenvalue weighted by Crippen LogP contribution is 2.31. The lowest BCUT2D eigenvalue weighted by Gasteiger charge is -2.12. The van der Waals surface area contributed by atoms with Crippen molar-refractivity contribution in [2.75, 3.05) is 6.61 Å². The minimum Gasteiger partial charge on any atom is -0.462 e. The number of hydrogen-bond donors (Lipinski definition) is 0. The van der Waals surface area contributed by atoms with Crippen LogP contribution in [0.15, 0.2) is 30.5 Å². The lowest BCUT2D eigenvalue weighted by molar-refractivity contribution is -0.144. The maximum Gasteiger partial charge on any atom is 0.451 e. The smallest absolute Gasteiger partial charge is 0.451 e. The summed E-state index contributed by atoms with van der Waals surface area (Å²) in [5, 5.41) is 0. The van der Waals surface area contributed by atoms with E-state index in [9.17, 15) is 18.0 Å². The molecule has 0 fully saturated rings. The van der Waals surface area contributed by atoms with E-state index in [1.807, 2.05) is 22.6 Å². The maximum atomic E-state index is 12.8. The zero-order valence-electron chi connectivity index (χ0n) is 11.3. The van der Waals surface area contributed by atoms with Crippen LogP contribution in [0.3, 0.4) is 0 Å². The Morgan fingerprint density at radius 3 is 2.59 bits per heavy atom. The summed E-state index contributed by atoms with van der Waals surface area (Å²) >= 11 is 1.96. The number of rotatable bonds is 3. The molecule has 0 N–H and O–H groups in total. The van der Waals surface area contributed by atoms with Crippen molar-refractivity contribution in [3.63, 3.8) is 0 Å². The molecule has 1 aromatic heterocycles. The number of esters is 1. The van der Waals surface area contributed by atoms with Gasteiger partial charge in [-0.2, -0.15) is 13.2 Å². The Balaban J connectivity index is 2.66. The van der Waals surface area contributed by atoms with E-state index in [-0.39, 0.29) is 17.9 Å². The van der Waals surface area contributed by atoms with Gasteiger partial charge < -0.3 is 4.74 Å². The zero-order valence-corrected chi connectivity index (χ0v) is 13.5. The van der Waals surface area contributed by atoms with E-state index in [2.05, 4.69) is 9.97 Å². The number of alkyl halides is 3. The van der Waals surface area contributed by atoms with Gasteiger partial charge >= 0.3 is 12.1 Å². The van der Waals surface area contributed by atoms with Crippen molar-refractivity contribution in [2.24, 2.45) is 0 Å². The molecule has 0 bridgehead atoms. The third-order valence-electron chi connectivity index (χ3n) is 2.67. The van der Waals surface area contributed by atoms with Crippen molar-refractivity contribution in [1.29, 1.82) is 0 Å². The highest BCUT2D eigenvalue weighted by atomic mass is 127. The van der Waals surface area contributed by atoms with E-state index < -0.39 is 18.0 Å². The summed E-state index contributed by atoms with van der Waals surface area (Å²) in [5.74, 6) is -2.05. The summed E-state index contributed by atoms with van der Waals surface area (Å²) in [5.41, 5.74) is 0.226. The largest absolute Gasteiger partial charge is 0.462 e. The van der Waals surface area contributed by atoms with E-state index in [4.69, 9.17) is 4.74 Å². The van der Waals surface area contributed by atoms with Gasteiger partial charge in [-0.25, -0.2) is 14.8 Å². The van der Waals surface area contributed by atoms with Gasteiger partial charge in [0.1, 0.15) is 5.56 Å². The van der Waals surface area contributed by atoms with Crippen molar-refractivity contribution in [2.45, 2.75) is 13.1 Å². The number of ether oxygens (including phenoxy) is 1. The quantitative estimate of drug-likeness (QED) is 0.556. The molecule has 0 spiro atoms. The zero-order chi connectivity index (χ0) is 16.3. The third kappa shape index (κ3) is 3.54. The molecule has 0 unspecified atom stereocenters. The topological polar surface area (TPSA) is 52.1 Å². The Kier molecular flexibility index (Phi) is 4.99. The number of nitrogens with zero attached hydrogens (tertiary/aromatic N) is 2. The Morgan fingerprint density at radius 2 is 2.00 bits per heavy atom. The summed E-state index contributed by atoms with van der Waals surface area (Å²) in [6, 6.07) is 6.69. The van der Waals surface area contributed by atoms with Crippen LogP contribution in [0.5, 0.6) is 0 Å². The van der Waals surface area contributed by atoms with E-state index in [0.717, 1.165) is 6.20 Å². The minimum atomic E-state index is -4.69. The molecule has 22 heavy (non-hydrogen) atoms. The third-order valence-corrected chi connectivity index (χ3v) is 3.61. The first-order valence-electron chi connectivity index (χ1n) is 6.21. The predicted octanol–water partition coefficient (Wildman–Crippen LogP) is 3.94. The van der Waals surface area contributed by atoms with Crippen molar-refractivity contribution in [3.05, 3.63) is 45.4 Å². The van der Waals surface area contributed by atoms with Crippen molar-refractivity contribution < 1.29 is 22.7 Å². The number of carbonyl (C=O) groups is 1. The van der Waals surface area contributed by atoms with Gasteiger partial charge in [0.05, 0.1) is 12.3 Å². The van der Waals surface area contributed by atoms with Crippen LogP contribution in [0.1, 0.15) is 23.1 Å². The number of aromatic nitrogens is 2. The average Bonchev–Trinajstić information content (AvgIpc) is 2.46. The van der Waals surface area contributed by atoms with Crippen LogP contribution in [-0.4, -0.2) is 22.5 Å². The second-order valence-electron chi connectivity index (χ2n) is 4.15. The van der Waals surface area contributed by atoms with Crippen molar-refractivity contribution >= 4 is 28.6 Å². The molecule has 0 amide bonds. The first-order chi connectivity index (χ1) is 10.3. The molecule has 1 heterocycles. The molecule has 1 aromatic carbocycles. The van der Waals surface area contributed by atoms with Gasteiger partial charge in [-0.15, -0.1) is 0 Å². The van der Waals surface area contributed by atoms with Crippen LogP contribution in [0.2, 0.25) is 0 Å². The molecular formula is C14H10F3IN2O2. The normalized spacial score (nSPS) is 11.3. The van der Waals surface area contributed by atoms with Crippen LogP contribution in [0.25, 0.3) is 11.3 Å². The monoisotopic (exact) mass is 422 g/mol. The maximum absolute atomic E-state index is 12.8. The molecule has 116 valence electrons. The van der Waals surface area contributed by atoms with Gasteiger partial charge in [0, 0.05) is 15.3 Å². The number of halogens is 4. The standard InChI is InChI=1S/C14H10F3IN2O2/c1-2-22-12(21)9-7-19-13(14(15,16)17)20-11(9)8-5-3-4-6-10(8)18/h3-7H,2H2,1H3. The lowest BCUT2D eigenvalue weighted by Crippen LogP contribution is -2.15. The van der Waals surface area contributed by atoms with Gasteiger partial charge in [-0.3, -0.25) is 0 Å². The minimum absolute atomic E-state index is 0.0919. The van der Waals surface area contributed by atoms with Crippen molar-refractivity contribution in [3.8, 4) is 11.3 Å². The molecule has 0 radical (unpaired) electrons. The first-order valence-corrected chi connectivity index (χ1v) is 7.28. The van der Waals surface area contributed by atoms with Crippen LogP contribution < -0.4 is 0 Å². The molecule has 0 aliphatic heterocycles. The second kappa shape index (κ2) is 6.59. The molecule has 4 nitrogen and oxygen atoms in total. The van der Waals surface area contributed by atoms with Gasteiger partial charge in [0.2, 0.25) is 5.82 Å². The first kappa shape index (κ1) is 16.7. The van der Waals surface area contributed by atoms with E-state index >= 15 is 0 Å². The summed E-state index contributed by atoms with van der Waals surface area (Å²) in [6.45, 7) is 1.71. The SMILES string of the molecule is CCOC(=O)c1cnc(C(F)(F)F)nc1-c1ccccc1I. The molecule has 0 aliphatic carbocycles. The fourth-order valence-corrected chi connectivity index (χ4v) is 2.38. The molecule has 0 atom stereocenters. The predicted molar refractivity (Wildman–Crippen MR) is 81.1 cm³/mol. The molecule has 0 saturated carbocycles. The number of carbonyl (C=O) groups excluding carboxylic acids is 1. The lowest BCUT2D eigenvalue weighted by atomic mass is 10.1. The Labute approximate surface area is 137 Å². The second-order valence-corrected chi connectivity index (χ2v) is 5.32. The van der Waals surface area contributed by atoms with Gasteiger partial charge in [0.15, 0.2) is 0 Å². The highest BCUT2D eigenvalue weighted by Gasteiger charge is 2.36. The Hall–Kier alpha value is -1.71. The van der Waals surface area contributed by atoms with Crippen LogP contribution in [0, 0.1) is 3.57 Å². The van der Waals surface area contributed by atoms with Gasteiger partial charge in [-0.1, -0.05) is 18.2 Å². The van der Waals surface area contributed by atoms with Gasteiger partial charge in [0.25, 0.3) is 0 Å². The Bertz CT molecular complexity index is 705. The summed E-state index contributed by atoms with van der Waals surface area (Å²) in [4.78, 5) is 18.7. The van der Waals surface area contributed by atoms with Crippen LogP contribution >= 0.6 is 22.6 Å². The van der Waals surface area contributed by atoms with E-state index in [1.165, 1.54) is 0 Å². The summed E-state index contributed by atoms with van der Waals surface area (Å²) in [6.07, 6.45) is -3.84. The average molecular weight is 422 g/mol. The summed E-state index contributed by atoms with van der Waals surface area (Å²) in [7, 11) is 0. The Morgan fingerprint density at radius 1 is 1.32 bits per heavy atom. The fourth-order valence-electron chi connectivity index (χ4n) is 1.74. The fraction of sp³-hybridized carbons (Fsp3) is 0.214. The van der Waals surface area contributed by atoms with E-state index in [1.54, 1.807) is 31.2 Å². The number of benzene rings is 1. The van der Waals surface area contributed by atoms with Crippen molar-refractivity contribution in [1.82, 2.24) is 9.97 Å². The molecule has 0 aliphatic rings. The van der Waals surface area contributed by atoms with E-state index in [0.29, 0.717) is 9.13 Å². The number of hydrogen-bond acceptors (Lipinski definition) is 4. The van der Waals surface area contributed by atoms with Crippen LogP contribution in [-0.2, 0) is 10.9 Å².